The second-order valence-corrected chi connectivity index (χ2v) is 5.33. The van der Waals surface area contributed by atoms with Crippen molar-refractivity contribution in [3.8, 4) is 0 Å². The number of anilines is 1. The Labute approximate surface area is 98.4 Å². The van der Waals surface area contributed by atoms with Gasteiger partial charge in [0.05, 0.1) is 10.6 Å². The van der Waals surface area contributed by atoms with Gasteiger partial charge in [-0.2, -0.15) is 0 Å². The van der Waals surface area contributed by atoms with E-state index in [1.807, 2.05) is 0 Å². The van der Waals surface area contributed by atoms with Crippen LogP contribution in [-0.2, 0) is 4.74 Å². The second-order valence-electron chi connectivity index (χ2n) is 4.45. The monoisotopic (exact) mass is 241 g/mol. The van der Waals surface area contributed by atoms with Gasteiger partial charge in [-0.25, -0.2) is 4.79 Å². The van der Waals surface area contributed by atoms with E-state index < -0.39 is 11.6 Å². The molecule has 1 aromatic rings. The molecule has 0 aliphatic heterocycles. The molecule has 0 spiro atoms. The largest absolute Gasteiger partial charge is 0.456 e. The minimum absolute atomic E-state index is 0.178. The Morgan fingerprint density at radius 2 is 1.94 bits per heavy atom. The highest BCUT2D eigenvalue weighted by molar-refractivity contribution is 7.13. The summed E-state index contributed by atoms with van der Waals surface area (Å²) in [5.41, 5.74) is 5.54. The smallest absolute Gasteiger partial charge is 0.342 e. The average Bonchev–Trinajstić information content (AvgIpc) is 2.43. The zero-order valence-electron chi connectivity index (χ0n) is 9.79. The number of esters is 1. The van der Waals surface area contributed by atoms with Crippen molar-refractivity contribution in [1.82, 2.24) is 0 Å². The molecule has 4 nitrogen and oxygen atoms in total. The Balaban J connectivity index is 3.08. The summed E-state index contributed by atoms with van der Waals surface area (Å²) in [5, 5.41) is 1.58. The van der Waals surface area contributed by atoms with Crippen molar-refractivity contribution in [2.45, 2.75) is 33.3 Å². The molecule has 0 unspecified atom stereocenters. The normalized spacial score (nSPS) is 11.2. The number of thiophene rings is 1. The molecule has 2 N–H and O–H groups in total. The van der Waals surface area contributed by atoms with Gasteiger partial charge in [-0.1, -0.05) is 0 Å². The van der Waals surface area contributed by atoms with Crippen molar-refractivity contribution in [2.75, 3.05) is 5.73 Å². The van der Waals surface area contributed by atoms with Crippen molar-refractivity contribution in [1.29, 1.82) is 0 Å². The van der Waals surface area contributed by atoms with E-state index in [9.17, 15) is 9.59 Å². The standard InChI is InChI=1S/C11H15NO3S/c1-6(13)9-8(7(12)5-16-9)10(14)15-11(2,3)4/h5H,12H2,1-4H3. The summed E-state index contributed by atoms with van der Waals surface area (Å²) in [7, 11) is 0. The molecule has 0 bridgehead atoms. The van der Waals surface area contributed by atoms with Crippen LogP contribution in [0.3, 0.4) is 0 Å². The molecule has 0 radical (unpaired) electrons. The van der Waals surface area contributed by atoms with Crippen LogP contribution >= 0.6 is 11.3 Å². The minimum atomic E-state index is -0.598. The van der Waals surface area contributed by atoms with Crippen molar-refractivity contribution in [2.24, 2.45) is 0 Å². The van der Waals surface area contributed by atoms with Crippen LogP contribution in [-0.4, -0.2) is 17.4 Å². The SMILES string of the molecule is CC(=O)c1scc(N)c1C(=O)OC(C)(C)C. The summed E-state index contributed by atoms with van der Waals surface area (Å²) in [4.78, 5) is 23.5. The van der Waals surface area contributed by atoms with Crippen LogP contribution in [0.15, 0.2) is 5.38 Å². The van der Waals surface area contributed by atoms with Crippen LogP contribution in [0.25, 0.3) is 0 Å². The van der Waals surface area contributed by atoms with Crippen LogP contribution in [0.1, 0.15) is 47.7 Å². The van der Waals surface area contributed by atoms with E-state index in [-0.39, 0.29) is 11.3 Å². The van der Waals surface area contributed by atoms with Crippen molar-refractivity contribution in [3.63, 3.8) is 0 Å². The number of Topliss-reactive ketones (excluding diaryl/α,β-unsaturated/α-hetero) is 1. The molecular weight excluding hydrogens is 226 g/mol. The van der Waals surface area contributed by atoms with Gasteiger partial charge in [-0.3, -0.25) is 4.79 Å². The Bertz CT molecular complexity index is 429. The topological polar surface area (TPSA) is 69.4 Å². The van der Waals surface area contributed by atoms with Crippen molar-refractivity contribution < 1.29 is 14.3 Å². The quantitative estimate of drug-likeness (QED) is 0.638. The third kappa shape index (κ3) is 2.82. The third-order valence-corrected chi connectivity index (χ3v) is 2.84. The number of carbonyl (C=O) groups is 2. The Hall–Kier alpha value is -1.36. The summed E-state index contributed by atoms with van der Waals surface area (Å²) in [6.45, 7) is 6.70. The molecule has 0 amide bonds. The summed E-state index contributed by atoms with van der Waals surface area (Å²) in [5.74, 6) is -0.723. The molecule has 0 aliphatic rings. The van der Waals surface area contributed by atoms with Crippen LogP contribution in [0.5, 0.6) is 0 Å². The lowest BCUT2D eigenvalue weighted by molar-refractivity contribution is 0.00698. The van der Waals surface area contributed by atoms with E-state index in [0.29, 0.717) is 10.6 Å². The Morgan fingerprint density at radius 3 is 2.38 bits per heavy atom. The molecule has 0 aromatic carbocycles. The highest BCUT2D eigenvalue weighted by Gasteiger charge is 2.25. The number of rotatable bonds is 2. The molecule has 5 heteroatoms. The highest BCUT2D eigenvalue weighted by atomic mass is 32.1. The van der Waals surface area contributed by atoms with Gasteiger partial charge in [-0.15, -0.1) is 11.3 Å². The summed E-state index contributed by atoms with van der Waals surface area (Å²) in [6, 6.07) is 0. The number of hydrogen-bond donors (Lipinski definition) is 1. The first-order chi connectivity index (χ1) is 7.22. The van der Waals surface area contributed by atoms with Gasteiger partial charge in [0.25, 0.3) is 0 Å². The first kappa shape index (κ1) is 12.7. The van der Waals surface area contributed by atoms with Crippen LogP contribution in [0.4, 0.5) is 5.69 Å². The summed E-state index contributed by atoms with van der Waals surface area (Å²) in [6.07, 6.45) is 0. The number of ketones is 1. The zero-order valence-corrected chi connectivity index (χ0v) is 10.6. The van der Waals surface area contributed by atoms with E-state index in [4.69, 9.17) is 10.5 Å². The fraction of sp³-hybridized carbons (Fsp3) is 0.455. The molecule has 0 saturated carbocycles. The van der Waals surface area contributed by atoms with E-state index in [1.165, 1.54) is 6.92 Å². The lowest BCUT2D eigenvalue weighted by atomic mass is 10.1. The van der Waals surface area contributed by atoms with Gasteiger partial charge in [0.1, 0.15) is 11.2 Å². The Morgan fingerprint density at radius 1 is 1.38 bits per heavy atom. The Kier molecular flexibility index (Phi) is 3.38. The first-order valence-corrected chi connectivity index (χ1v) is 5.71. The fourth-order valence-corrected chi connectivity index (χ4v) is 2.02. The van der Waals surface area contributed by atoms with Gasteiger partial charge in [-0.05, 0) is 27.7 Å². The van der Waals surface area contributed by atoms with Crippen LogP contribution in [0, 0.1) is 0 Å². The molecule has 88 valence electrons. The molecule has 0 fully saturated rings. The number of nitrogens with two attached hydrogens (primary N) is 1. The lowest BCUT2D eigenvalue weighted by Gasteiger charge is -2.19. The van der Waals surface area contributed by atoms with Crippen LogP contribution < -0.4 is 5.73 Å². The number of hydrogen-bond acceptors (Lipinski definition) is 5. The first-order valence-electron chi connectivity index (χ1n) is 4.83. The fourth-order valence-electron chi connectivity index (χ4n) is 1.17. The third-order valence-electron chi connectivity index (χ3n) is 1.74. The predicted octanol–water partition coefficient (Wildman–Crippen LogP) is 2.49. The van der Waals surface area contributed by atoms with Gasteiger partial charge in [0, 0.05) is 5.38 Å². The van der Waals surface area contributed by atoms with Gasteiger partial charge in [0.2, 0.25) is 0 Å². The maximum absolute atomic E-state index is 11.8. The lowest BCUT2D eigenvalue weighted by Crippen LogP contribution is -2.25. The number of ether oxygens (including phenoxy) is 1. The predicted molar refractivity (Wildman–Crippen MR) is 63.9 cm³/mol. The maximum Gasteiger partial charge on any atom is 0.342 e. The van der Waals surface area contributed by atoms with Crippen molar-refractivity contribution in [3.05, 3.63) is 15.8 Å². The minimum Gasteiger partial charge on any atom is -0.456 e. The van der Waals surface area contributed by atoms with E-state index in [1.54, 1.807) is 26.2 Å². The molecule has 0 atom stereocenters. The average molecular weight is 241 g/mol. The number of carbonyl (C=O) groups excluding carboxylic acids is 2. The zero-order chi connectivity index (χ0) is 12.5. The van der Waals surface area contributed by atoms with Gasteiger partial charge in [0.15, 0.2) is 5.78 Å². The van der Waals surface area contributed by atoms with Crippen LogP contribution in [0.2, 0.25) is 0 Å². The molecule has 1 heterocycles. The van der Waals surface area contributed by atoms with E-state index >= 15 is 0 Å². The van der Waals surface area contributed by atoms with Gasteiger partial charge >= 0.3 is 5.97 Å². The molecule has 0 saturated heterocycles. The molecule has 1 rings (SSSR count). The maximum atomic E-state index is 11.8. The number of nitrogen functional groups attached to an aromatic ring is 1. The molecular formula is C11H15NO3S. The van der Waals surface area contributed by atoms with Gasteiger partial charge < -0.3 is 10.5 Å². The highest BCUT2D eigenvalue weighted by Crippen LogP contribution is 2.27. The second kappa shape index (κ2) is 4.25. The van der Waals surface area contributed by atoms with E-state index in [0.717, 1.165) is 11.3 Å². The summed E-state index contributed by atoms with van der Waals surface area (Å²) >= 11 is 1.16. The molecule has 1 aromatic heterocycles. The molecule has 0 aliphatic carbocycles. The van der Waals surface area contributed by atoms with E-state index in [2.05, 4.69) is 0 Å². The molecule has 16 heavy (non-hydrogen) atoms. The summed E-state index contributed by atoms with van der Waals surface area (Å²) < 4.78 is 5.19. The van der Waals surface area contributed by atoms with Crippen molar-refractivity contribution >= 4 is 28.8 Å².